The second kappa shape index (κ2) is 7.35. The Kier molecular flexibility index (Phi) is 5.72. The zero-order chi connectivity index (χ0) is 16.3. The van der Waals surface area contributed by atoms with Crippen molar-refractivity contribution in [1.29, 1.82) is 0 Å². The lowest BCUT2D eigenvalue weighted by Crippen LogP contribution is -2.38. The molecule has 1 aliphatic carbocycles. The highest BCUT2D eigenvalue weighted by atomic mass is 32.2. The van der Waals surface area contributed by atoms with E-state index in [9.17, 15) is 9.59 Å². The normalized spacial score (nSPS) is 14.8. The Labute approximate surface area is 135 Å². The van der Waals surface area contributed by atoms with E-state index < -0.39 is 0 Å². The van der Waals surface area contributed by atoms with Crippen molar-refractivity contribution >= 4 is 17.7 Å². The summed E-state index contributed by atoms with van der Waals surface area (Å²) in [7, 11) is 0. The summed E-state index contributed by atoms with van der Waals surface area (Å²) >= 11 is 1.36. The molecule has 0 radical (unpaired) electrons. The fraction of sp³-hybridized carbons (Fsp3) is 0.800. The molecule has 1 aromatic heterocycles. The number of hydrogen-bond acceptors (Lipinski definition) is 4. The van der Waals surface area contributed by atoms with Crippen LogP contribution in [0.1, 0.15) is 46.6 Å². The van der Waals surface area contributed by atoms with Crippen LogP contribution in [0.5, 0.6) is 0 Å². The van der Waals surface area contributed by atoms with Crippen LogP contribution >= 0.6 is 11.8 Å². The number of amides is 1. The maximum absolute atomic E-state index is 12.5. The second-order valence-corrected chi connectivity index (χ2v) is 7.73. The average Bonchev–Trinajstić information content (AvgIpc) is 3.18. The molecule has 7 heteroatoms. The molecule has 1 aliphatic rings. The number of nitrogens with one attached hydrogen (secondary N) is 1. The molecule has 0 saturated heterocycles. The summed E-state index contributed by atoms with van der Waals surface area (Å²) in [4.78, 5) is 26.1. The summed E-state index contributed by atoms with van der Waals surface area (Å²) < 4.78 is 1.69. The van der Waals surface area contributed by atoms with Crippen molar-refractivity contribution in [2.24, 2.45) is 11.8 Å². The Morgan fingerprint density at radius 1 is 1.32 bits per heavy atom. The van der Waals surface area contributed by atoms with Crippen LogP contribution in [-0.2, 0) is 4.79 Å². The van der Waals surface area contributed by atoms with Crippen molar-refractivity contribution in [2.75, 3.05) is 18.8 Å². The Hall–Kier alpha value is -1.24. The van der Waals surface area contributed by atoms with Gasteiger partial charge in [0, 0.05) is 19.1 Å². The maximum Gasteiger partial charge on any atom is 0.344 e. The van der Waals surface area contributed by atoms with Crippen LogP contribution in [-0.4, -0.2) is 44.4 Å². The lowest BCUT2D eigenvalue weighted by Gasteiger charge is -2.26. The summed E-state index contributed by atoms with van der Waals surface area (Å²) in [5.41, 5.74) is -0.168. The van der Waals surface area contributed by atoms with Gasteiger partial charge in [0.1, 0.15) is 0 Å². The van der Waals surface area contributed by atoms with Crippen molar-refractivity contribution in [3.05, 3.63) is 10.5 Å². The molecule has 0 unspecified atom stereocenters. The number of aromatic nitrogens is 3. The highest BCUT2D eigenvalue weighted by Gasteiger charge is 2.29. The largest absolute Gasteiger partial charge is 0.344 e. The van der Waals surface area contributed by atoms with Crippen LogP contribution in [0.3, 0.4) is 0 Å². The third kappa shape index (κ3) is 4.63. The Morgan fingerprint density at radius 3 is 2.41 bits per heavy atom. The molecule has 124 valence electrons. The minimum atomic E-state index is -0.168. The first kappa shape index (κ1) is 17.1. The standard InChI is InChI=1S/C15H26N4O2S/c1-10(2)7-18(8-11(3)4)13(20)9-22-15-17-16-14(21)19(15)12-5-6-12/h10-12H,5-9H2,1-4H3,(H,16,21). The van der Waals surface area contributed by atoms with E-state index in [2.05, 4.69) is 37.9 Å². The van der Waals surface area contributed by atoms with E-state index in [1.54, 1.807) is 4.57 Å². The summed E-state index contributed by atoms with van der Waals surface area (Å²) in [6.07, 6.45) is 2.04. The van der Waals surface area contributed by atoms with Crippen LogP contribution in [0.4, 0.5) is 0 Å². The number of aromatic amines is 1. The van der Waals surface area contributed by atoms with Gasteiger partial charge in [0.2, 0.25) is 5.91 Å². The van der Waals surface area contributed by atoms with Crippen molar-refractivity contribution in [2.45, 2.75) is 51.7 Å². The van der Waals surface area contributed by atoms with Crippen molar-refractivity contribution in [3.8, 4) is 0 Å². The fourth-order valence-corrected chi connectivity index (χ4v) is 3.34. The Balaban J connectivity index is 1.96. The minimum Gasteiger partial charge on any atom is -0.341 e. The van der Waals surface area contributed by atoms with Crippen molar-refractivity contribution < 1.29 is 4.79 Å². The highest BCUT2D eigenvalue weighted by Crippen LogP contribution is 2.36. The van der Waals surface area contributed by atoms with E-state index in [0.717, 1.165) is 25.9 Å². The molecule has 22 heavy (non-hydrogen) atoms. The zero-order valence-electron chi connectivity index (χ0n) is 13.8. The third-order valence-electron chi connectivity index (χ3n) is 3.43. The minimum absolute atomic E-state index is 0.116. The van der Waals surface area contributed by atoms with Gasteiger partial charge in [-0.1, -0.05) is 39.5 Å². The van der Waals surface area contributed by atoms with Gasteiger partial charge in [-0.05, 0) is 24.7 Å². The quantitative estimate of drug-likeness (QED) is 0.743. The van der Waals surface area contributed by atoms with E-state index in [0.29, 0.717) is 22.7 Å². The van der Waals surface area contributed by atoms with Gasteiger partial charge in [-0.2, -0.15) is 0 Å². The van der Waals surface area contributed by atoms with E-state index in [-0.39, 0.29) is 17.6 Å². The van der Waals surface area contributed by atoms with E-state index in [1.807, 2.05) is 4.90 Å². The number of thioether (sulfide) groups is 1. The Bertz CT molecular complexity index is 550. The van der Waals surface area contributed by atoms with Gasteiger partial charge in [0.15, 0.2) is 5.16 Å². The third-order valence-corrected chi connectivity index (χ3v) is 4.37. The lowest BCUT2D eigenvalue weighted by molar-refractivity contribution is -0.129. The van der Waals surface area contributed by atoms with Gasteiger partial charge >= 0.3 is 5.69 Å². The number of hydrogen-bond donors (Lipinski definition) is 1. The monoisotopic (exact) mass is 326 g/mol. The zero-order valence-corrected chi connectivity index (χ0v) is 14.7. The summed E-state index contributed by atoms with van der Waals surface area (Å²) in [6, 6.07) is 0.270. The van der Waals surface area contributed by atoms with Gasteiger partial charge < -0.3 is 4.90 Å². The molecule has 1 amide bonds. The number of H-pyrrole nitrogens is 1. The topological polar surface area (TPSA) is 71.0 Å². The first-order valence-corrected chi connectivity index (χ1v) is 8.94. The van der Waals surface area contributed by atoms with Gasteiger partial charge in [-0.15, -0.1) is 5.10 Å². The van der Waals surface area contributed by atoms with Crippen LogP contribution in [0.15, 0.2) is 9.95 Å². The molecule has 2 rings (SSSR count). The number of nitrogens with zero attached hydrogens (tertiary/aromatic N) is 3. The smallest absolute Gasteiger partial charge is 0.341 e. The number of rotatable bonds is 8. The molecule has 1 fully saturated rings. The molecule has 1 heterocycles. The fourth-order valence-electron chi connectivity index (χ4n) is 2.42. The molecule has 6 nitrogen and oxygen atoms in total. The first-order chi connectivity index (χ1) is 10.4. The summed E-state index contributed by atoms with van der Waals surface area (Å²) in [5, 5.41) is 7.17. The first-order valence-electron chi connectivity index (χ1n) is 7.96. The molecule has 0 spiro atoms. The SMILES string of the molecule is CC(C)CN(CC(C)C)C(=O)CSc1n[nH]c(=O)n1C1CC1. The summed E-state index contributed by atoms with van der Waals surface area (Å²) in [5.74, 6) is 1.34. The van der Waals surface area contributed by atoms with Crippen LogP contribution < -0.4 is 5.69 Å². The van der Waals surface area contributed by atoms with E-state index >= 15 is 0 Å². The molecule has 0 aliphatic heterocycles. The van der Waals surface area contributed by atoms with Gasteiger partial charge in [-0.3, -0.25) is 9.36 Å². The number of carbonyl (C=O) groups excluding carboxylic acids is 1. The maximum atomic E-state index is 12.5. The van der Waals surface area contributed by atoms with Gasteiger partial charge in [0.05, 0.1) is 5.75 Å². The molecular formula is C15H26N4O2S. The van der Waals surface area contributed by atoms with E-state index in [4.69, 9.17) is 0 Å². The molecule has 0 aromatic carbocycles. The van der Waals surface area contributed by atoms with Gasteiger partial charge in [0.25, 0.3) is 0 Å². The van der Waals surface area contributed by atoms with Crippen LogP contribution in [0, 0.1) is 11.8 Å². The highest BCUT2D eigenvalue weighted by molar-refractivity contribution is 7.99. The van der Waals surface area contributed by atoms with Crippen molar-refractivity contribution in [3.63, 3.8) is 0 Å². The van der Waals surface area contributed by atoms with Crippen LogP contribution in [0.25, 0.3) is 0 Å². The molecule has 0 bridgehead atoms. The molecule has 1 N–H and O–H groups in total. The average molecular weight is 326 g/mol. The van der Waals surface area contributed by atoms with E-state index in [1.165, 1.54) is 11.8 Å². The van der Waals surface area contributed by atoms with Gasteiger partial charge in [-0.25, -0.2) is 9.89 Å². The molecule has 1 saturated carbocycles. The molecule has 0 atom stereocenters. The lowest BCUT2D eigenvalue weighted by atomic mass is 10.1. The predicted molar refractivity (Wildman–Crippen MR) is 88.1 cm³/mol. The second-order valence-electron chi connectivity index (χ2n) is 6.79. The Morgan fingerprint density at radius 2 is 1.91 bits per heavy atom. The summed E-state index contributed by atoms with van der Waals surface area (Å²) in [6.45, 7) is 10.0. The predicted octanol–water partition coefficient (Wildman–Crippen LogP) is 2.14. The molecule has 1 aromatic rings. The van der Waals surface area contributed by atoms with Crippen LogP contribution in [0.2, 0.25) is 0 Å². The number of carbonyl (C=O) groups is 1. The van der Waals surface area contributed by atoms with Crippen molar-refractivity contribution in [1.82, 2.24) is 19.7 Å². The molecular weight excluding hydrogens is 300 g/mol.